The van der Waals surface area contributed by atoms with Gasteiger partial charge < -0.3 is 5.32 Å². The van der Waals surface area contributed by atoms with Crippen molar-refractivity contribution in [3.63, 3.8) is 0 Å². The lowest BCUT2D eigenvalue weighted by Gasteiger charge is -2.27. The molecule has 0 saturated heterocycles. The number of nitrogens with one attached hydrogen (secondary N) is 1. The summed E-state index contributed by atoms with van der Waals surface area (Å²) in [7, 11) is 0. The molecule has 1 unspecified atom stereocenters. The van der Waals surface area contributed by atoms with Crippen LogP contribution >= 0.6 is 31.9 Å². The lowest BCUT2D eigenvalue weighted by atomic mass is 9.91. The van der Waals surface area contributed by atoms with E-state index in [1.54, 1.807) is 0 Å². The Labute approximate surface area is 133 Å². The molecule has 1 aromatic rings. The summed E-state index contributed by atoms with van der Waals surface area (Å²) < 4.78 is 2.46. The molecule has 1 fully saturated rings. The lowest BCUT2D eigenvalue weighted by Crippen LogP contribution is -2.28. The summed E-state index contributed by atoms with van der Waals surface area (Å²) in [6, 6.07) is 5.02. The fraction of sp³-hybridized carbons (Fsp3) is 0.625. The third kappa shape index (κ3) is 3.83. The van der Waals surface area contributed by atoms with Gasteiger partial charge in [-0.25, -0.2) is 0 Å². The Hall–Kier alpha value is 0.140. The van der Waals surface area contributed by atoms with E-state index in [9.17, 15) is 0 Å². The summed E-state index contributed by atoms with van der Waals surface area (Å²) in [5, 5.41) is 3.76. The van der Waals surface area contributed by atoms with Gasteiger partial charge in [0, 0.05) is 15.0 Å². The van der Waals surface area contributed by atoms with Gasteiger partial charge in [0.25, 0.3) is 0 Å². The zero-order valence-electron chi connectivity index (χ0n) is 11.8. The summed E-state index contributed by atoms with van der Waals surface area (Å²) in [5.41, 5.74) is 2.70. The lowest BCUT2D eigenvalue weighted by molar-refractivity contribution is 0.367. The van der Waals surface area contributed by atoms with E-state index in [4.69, 9.17) is 0 Å². The van der Waals surface area contributed by atoms with Gasteiger partial charge in [-0.1, -0.05) is 51.6 Å². The third-order valence-electron chi connectivity index (χ3n) is 4.10. The molecule has 0 radical (unpaired) electrons. The molecule has 0 bridgehead atoms. The molecule has 106 valence electrons. The molecule has 0 heterocycles. The minimum atomic E-state index is 0.494. The second-order valence-corrected chi connectivity index (χ2v) is 7.31. The van der Waals surface area contributed by atoms with Crippen molar-refractivity contribution in [1.29, 1.82) is 0 Å². The average Bonchev–Trinajstić information content (AvgIpc) is 2.89. The molecule has 0 amide bonds. The molecule has 1 aromatic carbocycles. The summed E-state index contributed by atoms with van der Waals surface area (Å²) in [6.45, 7) is 5.47. The third-order valence-corrected chi connectivity index (χ3v) is 5.64. The molecule has 1 atom stereocenters. The van der Waals surface area contributed by atoms with E-state index < -0.39 is 0 Å². The smallest absolute Gasteiger partial charge is 0.0360 e. The highest BCUT2D eigenvalue weighted by atomic mass is 79.9. The van der Waals surface area contributed by atoms with E-state index in [0.29, 0.717) is 6.04 Å². The van der Waals surface area contributed by atoms with Crippen LogP contribution in [0.15, 0.2) is 21.1 Å². The molecule has 2 rings (SSSR count). The summed E-state index contributed by atoms with van der Waals surface area (Å²) in [6.07, 6.45) is 6.69. The number of halogens is 2. The van der Waals surface area contributed by atoms with Crippen LogP contribution in [0.1, 0.15) is 56.2 Å². The Morgan fingerprint density at radius 2 is 1.89 bits per heavy atom. The molecule has 0 aromatic heterocycles. The highest BCUT2D eigenvalue weighted by Crippen LogP contribution is 2.39. The van der Waals surface area contributed by atoms with E-state index in [0.717, 1.165) is 12.5 Å². The maximum absolute atomic E-state index is 3.76. The molecule has 1 aliphatic carbocycles. The maximum atomic E-state index is 3.76. The van der Waals surface area contributed by atoms with Crippen molar-refractivity contribution < 1.29 is 0 Å². The summed E-state index contributed by atoms with van der Waals surface area (Å²) in [4.78, 5) is 0. The van der Waals surface area contributed by atoms with Gasteiger partial charge in [0.05, 0.1) is 0 Å². The van der Waals surface area contributed by atoms with E-state index in [1.807, 2.05) is 0 Å². The molecule has 1 N–H and O–H groups in total. The van der Waals surface area contributed by atoms with Crippen molar-refractivity contribution in [2.75, 3.05) is 6.54 Å². The monoisotopic (exact) mass is 387 g/mol. The van der Waals surface area contributed by atoms with Crippen molar-refractivity contribution in [1.82, 2.24) is 5.32 Å². The zero-order valence-corrected chi connectivity index (χ0v) is 15.0. The van der Waals surface area contributed by atoms with Crippen LogP contribution in [-0.4, -0.2) is 6.54 Å². The Balaban J connectivity index is 2.28. The second kappa shape index (κ2) is 7.24. The number of hydrogen-bond donors (Lipinski definition) is 1. The quantitative estimate of drug-likeness (QED) is 0.676. The number of benzene rings is 1. The highest BCUT2D eigenvalue weighted by Gasteiger charge is 2.27. The van der Waals surface area contributed by atoms with Gasteiger partial charge in [-0.15, -0.1) is 0 Å². The van der Waals surface area contributed by atoms with Crippen LogP contribution in [-0.2, 0) is 0 Å². The Kier molecular flexibility index (Phi) is 5.91. The number of hydrogen-bond acceptors (Lipinski definition) is 1. The first kappa shape index (κ1) is 15.5. The Bertz CT molecular complexity index is 425. The molecule has 19 heavy (non-hydrogen) atoms. The molecular formula is C16H23Br2N. The van der Waals surface area contributed by atoms with Crippen LogP contribution in [0, 0.1) is 12.8 Å². The van der Waals surface area contributed by atoms with E-state index in [1.165, 1.54) is 52.2 Å². The van der Waals surface area contributed by atoms with Gasteiger partial charge in [0.1, 0.15) is 0 Å². The Morgan fingerprint density at radius 3 is 2.53 bits per heavy atom. The SMILES string of the molecule is CCCNC(c1cc(Br)c(C)cc1Br)C1CCCC1. The molecule has 1 saturated carbocycles. The zero-order chi connectivity index (χ0) is 13.8. The fourth-order valence-corrected chi connectivity index (χ4v) is 4.09. The first-order valence-electron chi connectivity index (χ1n) is 7.32. The van der Waals surface area contributed by atoms with Gasteiger partial charge in [-0.3, -0.25) is 0 Å². The minimum absolute atomic E-state index is 0.494. The van der Waals surface area contributed by atoms with Crippen molar-refractivity contribution in [3.8, 4) is 0 Å². The van der Waals surface area contributed by atoms with Crippen LogP contribution in [0.5, 0.6) is 0 Å². The first-order chi connectivity index (χ1) is 9.13. The van der Waals surface area contributed by atoms with Gasteiger partial charge >= 0.3 is 0 Å². The van der Waals surface area contributed by atoms with Crippen LogP contribution in [0.4, 0.5) is 0 Å². The van der Waals surface area contributed by atoms with Gasteiger partial charge in [-0.05, 0) is 61.9 Å². The molecular weight excluding hydrogens is 366 g/mol. The van der Waals surface area contributed by atoms with Crippen LogP contribution in [0.2, 0.25) is 0 Å². The van der Waals surface area contributed by atoms with Crippen molar-refractivity contribution in [3.05, 3.63) is 32.2 Å². The average molecular weight is 389 g/mol. The standard InChI is InChI=1S/C16H23Br2N/c1-3-8-19-16(12-6-4-5-7-12)13-10-14(17)11(2)9-15(13)18/h9-10,12,16,19H,3-8H2,1-2H3. The van der Waals surface area contributed by atoms with Gasteiger partial charge in [0.2, 0.25) is 0 Å². The predicted octanol–water partition coefficient (Wildman–Crippen LogP) is 5.75. The summed E-state index contributed by atoms with van der Waals surface area (Å²) >= 11 is 7.44. The fourth-order valence-electron chi connectivity index (χ4n) is 3.02. The van der Waals surface area contributed by atoms with E-state index >= 15 is 0 Å². The number of aryl methyl sites for hydroxylation is 1. The molecule has 3 heteroatoms. The molecule has 0 spiro atoms. The largest absolute Gasteiger partial charge is 0.310 e. The number of rotatable bonds is 5. The van der Waals surface area contributed by atoms with Crippen LogP contribution in [0.25, 0.3) is 0 Å². The highest BCUT2D eigenvalue weighted by molar-refractivity contribution is 9.11. The van der Waals surface area contributed by atoms with Gasteiger partial charge in [-0.2, -0.15) is 0 Å². The maximum Gasteiger partial charge on any atom is 0.0360 e. The van der Waals surface area contributed by atoms with Crippen molar-refractivity contribution in [2.24, 2.45) is 5.92 Å². The Morgan fingerprint density at radius 1 is 1.21 bits per heavy atom. The predicted molar refractivity (Wildman–Crippen MR) is 89.6 cm³/mol. The topological polar surface area (TPSA) is 12.0 Å². The normalized spacial score (nSPS) is 17.9. The van der Waals surface area contributed by atoms with Crippen LogP contribution < -0.4 is 5.32 Å². The molecule has 1 nitrogen and oxygen atoms in total. The van der Waals surface area contributed by atoms with Gasteiger partial charge in [0.15, 0.2) is 0 Å². The molecule has 1 aliphatic rings. The van der Waals surface area contributed by atoms with Crippen LogP contribution in [0.3, 0.4) is 0 Å². The minimum Gasteiger partial charge on any atom is -0.310 e. The first-order valence-corrected chi connectivity index (χ1v) is 8.91. The molecule has 0 aliphatic heterocycles. The van der Waals surface area contributed by atoms with E-state index in [2.05, 4.69) is 63.2 Å². The van der Waals surface area contributed by atoms with Crippen molar-refractivity contribution in [2.45, 2.75) is 52.0 Å². The summed E-state index contributed by atoms with van der Waals surface area (Å²) in [5.74, 6) is 0.789. The van der Waals surface area contributed by atoms with E-state index in [-0.39, 0.29) is 0 Å². The van der Waals surface area contributed by atoms with Crippen molar-refractivity contribution >= 4 is 31.9 Å². The second-order valence-electron chi connectivity index (χ2n) is 5.60.